The van der Waals surface area contributed by atoms with Crippen molar-refractivity contribution in [3.8, 4) is 0 Å². The van der Waals surface area contributed by atoms with Crippen molar-refractivity contribution in [1.82, 2.24) is 19.7 Å². The van der Waals surface area contributed by atoms with Crippen molar-refractivity contribution in [3.05, 3.63) is 77.3 Å². The lowest BCUT2D eigenvalue weighted by Crippen LogP contribution is -2.39. The number of rotatable bonds is 3. The van der Waals surface area contributed by atoms with Gasteiger partial charge >= 0.3 is 0 Å². The van der Waals surface area contributed by atoms with Crippen LogP contribution >= 0.6 is 15.9 Å². The van der Waals surface area contributed by atoms with Crippen molar-refractivity contribution in [1.29, 1.82) is 0 Å². The van der Waals surface area contributed by atoms with Gasteiger partial charge in [-0.2, -0.15) is 10.1 Å². The molecule has 0 radical (unpaired) electrons. The second-order valence-corrected chi connectivity index (χ2v) is 6.78. The fraction of sp³-hybridized carbons (Fsp3) is 0.111. The van der Waals surface area contributed by atoms with Gasteiger partial charge in [0.1, 0.15) is 18.1 Å². The number of halogens is 1. The number of hydrogen-bond acceptors (Lipinski definition) is 5. The molecule has 130 valence electrons. The molecule has 1 amide bonds. The van der Waals surface area contributed by atoms with Gasteiger partial charge in [-0.05, 0) is 29.8 Å². The molecule has 0 saturated heterocycles. The SMILES string of the molecule is C=C1Nc2ncnn2C(c2cccc(Br)c2)C1C(=O)Nc1ccccn1. The van der Waals surface area contributed by atoms with Crippen molar-refractivity contribution in [2.75, 3.05) is 10.6 Å². The minimum Gasteiger partial charge on any atom is -0.328 e. The monoisotopic (exact) mass is 410 g/mol. The summed E-state index contributed by atoms with van der Waals surface area (Å²) in [4.78, 5) is 21.4. The molecule has 26 heavy (non-hydrogen) atoms. The van der Waals surface area contributed by atoms with Crippen molar-refractivity contribution in [2.45, 2.75) is 6.04 Å². The van der Waals surface area contributed by atoms with E-state index in [4.69, 9.17) is 0 Å². The van der Waals surface area contributed by atoms with Gasteiger partial charge in [0, 0.05) is 16.4 Å². The van der Waals surface area contributed by atoms with Crippen molar-refractivity contribution < 1.29 is 4.79 Å². The Hall–Kier alpha value is -3.00. The predicted octanol–water partition coefficient (Wildman–Crippen LogP) is 3.22. The Morgan fingerprint density at radius 3 is 2.88 bits per heavy atom. The number of nitrogens with one attached hydrogen (secondary N) is 2. The third kappa shape index (κ3) is 2.99. The quantitative estimate of drug-likeness (QED) is 0.692. The third-order valence-corrected chi connectivity index (χ3v) is 4.68. The van der Waals surface area contributed by atoms with Gasteiger partial charge in [0.25, 0.3) is 0 Å². The molecule has 3 aromatic rings. The molecular formula is C18H15BrN6O. The number of hydrogen-bond donors (Lipinski definition) is 2. The van der Waals surface area contributed by atoms with E-state index in [1.54, 1.807) is 23.0 Å². The highest BCUT2D eigenvalue weighted by atomic mass is 79.9. The summed E-state index contributed by atoms with van der Waals surface area (Å²) in [5.41, 5.74) is 1.49. The van der Waals surface area contributed by atoms with Crippen LogP contribution in [0.3, 0.4) is 0 Å². The summed E-state index contributed by atoms with van der Waals surface area (Å²) in [5.74, 6) is 0.248. The largest absolute Gasteiger partial charge is 0.328 e. The second-order valence-electron chi connectivity index (χ2n) is 5.86. The average molecular weight is 411 g/mol. The summed E-state index contributed by atoms with van der Waals surface area (Å²) in [6, 6.07) is 12.8. The lowest BCUT2D eigenvalue weighted by Gasteiger charge is -2.33. The zero-order valence-electron chi connectivity index (χ0n) is 13.6. The number of pyridine rings is 1. The first-order valence-corrected chi connectivity index (χ1v) is 8.75. The Morgan fingerprint density at radius 2 is 2.12 bits per heavy atom. The molecule has 7 nitrogen and oxygen atoms in total. The first-order chi connectivity index (χ1) is 12.6. The number of carbonyl (C=O) groups excluding carboxylic acids is 1. The molecule has 2 atom stereocenters. The third-order valence-electron chi connectivity index (χ3n) is 4.19. The number of carbonyl (C=O) groups is 1. The van der Waals surface area contributed by atoms with E-state index in [1.807, 2.05) is 30.3 Å². The van der Waals surface area contributed by atoms with Crippen LogP contribution in [0.2, 0.25) is 0 Å². The average Bonchev–Trinajstić information content (AvgIpc) is 3.09. The number of fused-ring (bicyclic) bond motifs is 1. The van der Waals surface area contributed by atoms with Crippen LogP contribution in [0.15, 0.2) is 71.7 Å². The zero-order valence-corrected chi connectivity index (χ0v) is 15.2. The van der Waals surface area contributed by atoms with Crippen molar-refractivity contribution in [2.24, 2.45) is 5.92 Å². The minimum absolute atomic E-state index is 0.215. The van der Waals surface area contributed by atoms with Gasteiger partial charge < -0.3 is 10.6 Å². The summed E-state index contributed by atoms with van der Waals surface area (Å²) in [6.07, 6.45) is 3.09. The van der Waals surface area contributed by atoms with E-state index in [9.17, 15) is 4.79 Å². The molecular weight excluding hydrogens is 396 g/mol. The first-order valence-electron chi connectivity index (χ1n) is 7.96. The summed E-state index contributed by atoms with van der Waals surface area (Å²) in [5, 5.41) is 10.2. The van der Waals surface area contributed by atoms with E-state index in [-0.39, 0.29) is 11.9 Å². The van der Waals surface area contributed by atoms with Crippen LogP contribution in [-0.2, 0) is 4.79 Å². The Labute approximate surface area is 158 Å². The van der Waals surface area contributed by atoms with Crippen molar-refractivity contribution in [3.63, 3.8) is 0 Å². The lowest BCUT2D eigenvalue weighted by molar-refractivity contribution is -0.119. The highest BCUT2D eigenvalue weighted by Crippen LogP contribution is 2.38. The molecule has 1 aliphatic heterocycles. The van der Waals surface area contributed by atoms with Gasteiger partial charge in [0.2, 0.25) is 11.9 Å². The van der Waals surface area contributed by atoms with Gasteiger partial charge in [-0.1, -0.05) is 40.7 Å². The Kier molecular flexibility index (Phi) is 4.26. The van der Waals surface area contributed by atoms with E-state index in [0.717, 1.165) is 10.0 Å². The van der Waals surface area contributed by atoms with E-state index in [0.29, 0.717) is 17.5 Å². The lowest BCUT2D eigenvalue weighted by atomic mass is 9.88. The minimum atomic E-state index is -0.583. The molecule has 0 fully saturated rings. The molecule has 2 N–H and O–H groups in total. The smallest absolute Gasteiger partial charge is 0.237 e. The van der Waals surface area contributed by atoms with Crippen molar-refractivity contribution >= 4 is 33.6 Å². The molecule has 0 saturated carbocycles. The normalized spacial score (nSPS) is 18.7. The summed E-state index contributed by atoms with van der Waals surface area (Å²) in [7, 11) is 0. The summed E-state index contributed by atoms with van der Waals surface area (Å²) < 4.78 is 2.63. The number of amides is 1. The Morgan fingerprint density at radius 1 is 1.23 bits per heavy atom. The van der Waals surface area contributed by atoms with Gasteiger partial charge in [-0.25, -0.2) is 9.67 Å². The fourth-order valence-corrected chi connectivity index (χ4v) is 3.48. The van der Waals surface area contributed by atoms with E-state index in [2.05, 4.69) is 48.2 Å². The van der Waals surface area contributed by atoms with Crippen LogP contribution < -0.4 is 10.6 Å². The Bertz CT molecular complexity index is 971. The van der Waals surface area contributed by atoms with Crippen LogP contribution in [0.1, 0.15) is 11.6 Å². The standard InChI is InChI=1S/C18H15BrN6O/c1-11-15(17(26)24-14-7-2-3-8-20-14)16(12-5-4-6-13(19)9-12)25-18(23-11)21-10-22-25/h2-10,15-16H,1H2,(H,20,24,26)(H,21,22,23). The molecule has 0 spiro atoms. The topological polar surface area (TPSA) is 84.7 Å². The highest BCUT2D eigenvalue weighted by Gasteiger charge is 2.39. The zero-order chi connectivity index (χ0) is 18.1. The van der Waals surface area contributed by atoms with Gasteiger partial charge in [-0.3, -0.25) is 4.79 Å². The molecule has 3 heterocycles. The van der Waals surface area contributed by atoms with Crippen LogP contribution in [-0.4, -0.2) is 25.7 Å². The summed E-state index contributed by atoms with van der Waals surface area (Å²) >= 11 is 3.49. The Balaban J connectivity index is 1.75. The number of nitrogens with zero attached hydrogens (tertiary/aromatic N) is 4. The van der Waals surface area contributed by atoms with E-state index < -0.39 is 5.92 Å². The molecule has 8 heteroatoms. The predicted molar refractivity (Wildman–Crippen MR) is 101 cm³/mol. The first kappa shape index (κ1) is 16.5. The molecule has 1 aromatic carbocycles. The molecule has 4 rings (SSSR count). The maximum Gasteiger partial charge on any atom is 0.237 e. The number of anilines is 2. The van der Waals surface area contributed by atoms with Gasteiger partial charge in [0.15, 0.2) is 0 Å². The summed E-state index contributed by atoms with van der Waals surface area (Å²) in [6.45, 7) is 4.05. The maximum absolute atomic E-state index is 13.1. The molecule has 0 aliphatic carbocycles. The molecule has 2 unspecified atom stereocenters. The van der Waals surface area contributed by atoms with E-state index in [1.165, 1.54) is 6.33 Å². The molecule has 1 aliphatic rings. The second kappa shape index (κ2) is 6.72. The molecule has 2 aromatic heterocycles. The van der Waals surface area contributed by atoms with Crippen LogP contribution in [0, 0.1) is 5.92 Å². The molecule has 0 bridgehead atoms. The fourth-order valence-electron chi connectivity index (χ4n) is 3.06. The van der Waals surface area contributed by atoms with Crippen LogP contribution in [0.4, 0.5) is 11.8 Å². The highest BCUT2D eigenvalue weighted by molar-refractivity contribution is 9.10. The number of benzene rings is 1. The number of aromatic nitrogens is 4. The van der Waals surface area contributed by atoms with Crippen LogP contribution in [0.5, 0.6) is 0 Å². The van der Waals surface area contributed by atoms with E-state index >= 15 is 0 Å². The van der Waals surface area contributed by atoms with Gasteiger partial charge in [0.05, 0.1) is 6.04 Å². The van der Waals surface area contributed by atoms with Crippen LogP contribution in [0.25, 0.3) is 0 Å². The van der Waals surface area contributed by atoms with Gasteiger partial charge in [-0.15, -0.1) is 0 Å². The maximum atomic E-state index is 13.1.